The lowest BCUT2D eigenvalue weighted by molar-refractivity contribution is 0.474. The van der Waals surface area contributed by atoms with Crippen molar-refractivity contribution in [3.63, 3.8) is 0 Å². The molecular formula is C15H15ClO. The number of hydrogen-bond donors (Lipinski definition) is 1. The molecule has 0 saturated heterocycles. The summed E-state index contributed by atoms with van der Waals surface area (Å²) in [7, 11) is 0. The zero-order valence-corrected chi connectivity index (χ0v) is 10.3. The number of rotatable bonds is 4. The van der Waals surface area contributed by atoms with Crippen LogP contribution >= 0.6 is 11.6 Å². The summed E-state index contributed by atoms with van der Waals surface area (Å²) in [4.78, 5) is 0. The monoisotopic (exact) mass is 246 g/mol. The van der Waals surface area contributed by atoms with Crippen molar-refractivity contribution >= 4 is 11.6 Å². The average molecular weight is 247 g/mol. The summed E-state index contributed by atoms with van der Waals surface area (Å²) in [6.07, 6.45) is 0.849. The Morgan fingerprint density at radius 1 is 1.00 bits per heavy atom. The number of halogens is 1. The minimum atomic E-state index is 0.291. The van der Waals surface area contributed by atoms with E-state index < -0.39 is 0 Å². The molecule has 0 aliphatic heterocycles. The highest BCUT2D eigenvalue weighted by Gasteiger charge is 2.11. The molecule has 0 spiro atoms. The molecule has 1 N–H and O–H groups in total. The Hall–Kier alpha value is -1.47. The molecule has 88 valence electrons. The van der Waals surface area contributed by atoms with Crippen molar-refractivity contribution in [2.45, 2.75) is 12.3 Å². The topological polar surface area (TPSA) is 20.2 Å². The lowest BCUT2D eigenvalue weighted by Crippen LogP contribution is -2.04. The Kier molecular flexibility index (Phi) is 4.05. The van der Waals surface area contributed by atoms with Crippen LogP contribution in [0.5, 0.6) is 5.75 Å². The Morgan fingerprint density at radius 2 is 1.76 bits per heavy atom. The molecule has 2 heteroatoms. The largest absolute Gasteiger partial charge is 0.508 e. The number of phenolic OH excluding ortho intramolecular Hbond substituents is 1. The van der Waals surface area contributed by atoms with E-state index >= 15 is 0 Å². The predicted molar refractivity (Wildman–Crippen MR) is 71.7 cm³/mol. The van der Waals surface area contributed by atoms with Gasteiger partial charge in [0, 0.05) is 11.8 Å². The van der Waals surface area contributed by atoms with Crippen molar-refractivity contribution < 1.29 is 5.11 Å². The Labute approximate surface area is 107 Å². The van der Waals surface area contributed by atoms with Gasteiger partial charge in [-0.3, -0.25) is 0 Å². The molecule has 0 fully saturated rings. The predicted octanol–water partition coefficient (Wildman–Crippen LogP) is 3.96. The maximum Gasteiger partial charge on any atom is 0.115 e. The molecule has 2 aromatic carbocycles. The van der Waals surface area contributed by atoms with E-state index in [4.69, 9.17) is 11.6 Å². The standard InChI is InChI=1S/C15H15ClO/c16-11-14(13-6-2-1-3-7-13)9-12-5-4-8-15(17)10-12/h1-8,10,14,17H,9,11H2. The minimum Gasteiger partial charge on any atom is -0.508 e. The van der Waals surface area contributed by atoms with Gasteiger partial charge < -0.3 is 5.11 Å². The molecule has 2 rings (SSSR count). The third-order valence-corrected chi connectivity index (χ3v) is 3.22. The zero-order valence-electron chi connectivity index (χ0n) is 9.51. The third-order valence-electron chi connectivity index (χ3n) is 2.85. The average Bonchev–Trinajstić information content (AvgIpc) is 2.37. The second-order valence-electron chi connectivity index (χ2n) is 4.14. The van der Waals surface area contributed by atoms with Crippen LogP contribution in [0.3, 0.4) is 0 Å². The van der Waals surface area contributed by atoms with Gasteiger partial charge in [0.2, 0.25) is 0 Å². The number of phenols is 1. The summed E-state index contributed by atoms with van der Waals surface area (Å²) < 4.78 is 0. The Balaban J connectivity index is 2.16. The van der Waals surface area contributed by atoms with Crippen LogP contribution in [-0.2, 0) is 6.42 Å². The summed E-state index contributed by atoms with van der Waals surface area (Å²) in [6, 6.07) is 17.6. The fourth-order valence-corrected chi connectivity index (χ4v) is 2.24. The van der Waals surface area contributed by atoms with Gasteiger partial charge in [0.15, 0.2) is 0 Å². The SMILES string of the molecule is Oc1cccc(CC(CCl)c2ccccc2)c1. The Morgan fingerprint density at radius 3 is 2.41 bits per heavy atom. The molecule has 0 radical (unpaired) electrons. The van der Waals surface area contributed by atoms with Gasteiger partial charge >= 0.3 is 0 Å². The number of hydrogen-bond acceptors (Lipinski definition) is 1. The van der Waals surface area contributed by atoms with Crippen molar-refractivity contribution in [3.05, 3.63) is 65.7 Å². The van der Waals surface area contributed by atoms with Crippen molar-refractivity contribution in [2.24, 2.45) is 0 Å². The van der Waals surface area contributed by atoms with E-state index in [0.29, 0.717) is 17.5 Å². The van der Waals surface area contributed by atoms with E-state index in [1.165, 1.54) is 5.56 Å². The molecule has 0 aliphatic carbocycles. The summed E-state index contributed by atoms with van der Waals surface area (Å²) in [5, 5.41) is 9.44. The molecule has 0 bridgehead atoms. The first kappa shape index (κ1) is 12.0. The van der Waals surface area contributed by atoms with Crippen molar-refractivity contribution in [3.8, 4) is 5.75 Å². The second kappa shape index (κ2) is 5.74. The van der Waals surface area contributed by atoms with Crippen molar-refractivity contribution in [2.75, 3.05) is 5.88 Å². The molecule has 0 amide bonds. The van der Waals surface area contributed by atoms with Crippen LogP contribution in [0.2, 0.25) is 0 Å². The molecular weight excluding hydrogens is 232 g/mol. The normalized spacial score (nSPS) is 12.3. The molecule has 1 atom stereocenters. The number of alkyl halides is 1. The molecule has 0 heterocycles. The van der Waals surface area contributed by atoms with Crippen LogP contribution in [0.15, 0.2) is 54.6 Å². The molecule has 0 saturated carbocycles. The summed E-state index contributed by atoms with van der Waals surface area (Å²) in [5.41, 5.74) is 2.35. The van der Waals surface area contributed by atoms with Crippen LogP contribution in [0.25, 0.3) is 0 Å². The van der Waals surface area contributed by atoms with E-state index in [-0.39, 0.29) is 0 Å². The maximum atomic E-state index is 9.44. The summed E-state index contributed by atoms with van der Waals surface area (Å²) in [5.74, 6) is 1.18. The van der Waals surface area contributed by atoms with E-state index in [1.807, 2.05) is 30.3 Å². The van der Waals surface area contributed by atoms with Gasteiger partial charge in [0.05, 0.1) is 0 Å². The highest BCUT2D eigenvalue weighted by atomic mass is 35.5. The molecule has 0 aliphatic rings. The molecule has 2 aromatic rings. The smallest absolute Gasteiger partial charge is 0.115 e. The van der Waals surface area contributed by atoms with Crippen LogP contribution in [0.1, 0.15) is 17.0 Å². The van der Waals surface area contributed by atoms with Gasteiger partial charge in [0.25, 0.3) is 0 Å². The molecule has 17 heavy (non-hydrogen) atoms. The third kappa shape index (κ3) is 3.24. The van der Waals surface area contributed by atoms with E-state index in [0.717, 1.165) is 12.0 Å². The molecule has 1 unspecified atom stereocenters. The highest BCUT2D eigenvalue weighted by molar-refractivity contribution is 6.18. The first-order chi connectivity index (χ1) is 8.29. The first-order valence-corrected chi connectivity index (χ1v) is 6.22. The van der Waals surface area contributed by atoms with Crippen LogP contribution in [-0.4, -0.2) is 11.0 Å². The van der Waals surface area contributed by atoms with Gasteiger partial charge in [-0.1, -0.05) is 42.5 Å². The quantitative estimate of drug-likeness (QED) is 0.810. The minimum absolute atomic E-state index is 0.291. The van der Waals surface area contributed by atoms with Gasteiger partial charge in [-0.25, -0.2) is 0 Å². The van der Waals surface area contributed by atoms with Gasteiger partial charge in [-0.2, -0.15) is 0 Å². The van der Waals surface area contributed by atoms with E-state index in [1.54, 1.807) is 12.1 Å². The lowest BCUT2D eigenvalue weighted by atomic mass is 9.93. The number of aromatic hydroxyl groups is 1. The summed E-state index contributed by atoms with van der Waals surface area (Å²) in [6.45, 7) is 0. The fraction of sp³-hybridized carbons (Fsp3) is 0.200. The second-order valence-corrected chi connectivity index (χ2v) is 4.44. The van der Waals surface area contributed by atoms with E-state index in [2.05, 4.69) is 12.1 Å². The zero-order chi connectivity index (χ0) is 12.1. The van der Waals surface area contributed by atoms with Crippen LogP contribution < -0.4 is 0 Å². The number of benzene rings is 2. The highest BCUT2D eigenvalue weighted by Crippen LogP contribution is 2.23. The van der Waals surface area contributed by atoms with Crippen LogP contribution in [0.4, 0.5) is 0 Å². The van der Waals surface area contributed by atoms with Crippen molar-refractivity contribution in [1.82, 2.24) is 0 Å². The van der Waals surface area contributed by atoms with Gasteiger partial charge in [-0.15, -0.1) is 11.6 Å². The van der Waals surface area contributed by atoms with Gasteiger partial charge in [-0.05, 0) is 29.7 Å². The van der Waals surface area contributed by atoms with Crippen LogP contribution in [0, 0.1) is 0 Å². The first-order valence-electron chi connectivity index (χ1n) is 5.68. The molecule has 1 nitrogen and oxygen atoms in total. The van der Waals surface area contributed by atoms with E-state index in [9.17, 15) is 5.11 Å². The van der Waals surface area contributed by atoms with Gasteiger partial charge in [0.1, 0.15) is 5.75 Å². The molecule has 0 aromatic heterocycles. The maximum absolute atomic E-state index is 9.44. The lowest BCUT2D eigenvalue weighted by Gasteiger charge is -2.14. The fourth-order valence-electron chi connectivity index (χ4n) is 1.95. The summed E-state index contributed by atoms with van der Waals surface area (Å²) >= 11 is 6.03. The van der Waals surface area contributed by atoms with Crippen molar-refractivity contribution in [1.29, 1.82) is 0 Å². The Bertz CT molecular complexity index is 467.